The van der Waals surface area contributed by atoms with Gasteiger partial charge in [-0.3, -0.25) is 0 Å². The van der Waals surface area contributed by atoms with Crippen LogP contribution in [0.5, 0.6) is 0 Å². The highest BCUT2D eigenvalue weighted by Crippen LogP contribution is 2.36. The van der Waals surface area contributed by atoms with Crippen LogP contribution in [0.3, 0.4) is 0 Å². The monoisotopic (exact) mass is 499 g/mol. The van der Waals surface area contributed by atoms with Crippen LogP contribution in [-0.2, 0) is 4.74 Å². The van der Waals surface area contributed by atoms with Gasteiger partial charge in [0.15, 0.2) is 5.82 Å². The number of hydrogen-bond donors (Lipinski definition) is 1. The molecule has 5 nitrogen and oxygen atoms in total. The van der Waals surface area contributed by atoms with Gasteiger partial charge < -0.3 is 10.1 Å². The maximum Gasteiger partial charge on any atom is 0.337 e. The summed E-state index contributed by atoms with van der Waals surface area (Å²) in [6.07, 6.45) is 8.25. The van der Waals surface area contributed by atoms with Crippen LogP contribution >= 0.6 is 27.7 Å². The minimum absolute atomic E-state index is 0.369. The molecule has 0 spiro atoms. The molecule has 0 unspecified atom stereocenters. The number of ether oxygens (including phenoxy) is 1. The lowest BCUT2D eigenvalue weighted by Gasteiger charge is -2.12. The van der Waals surface area contributed by atoms with Gasteiger partial charge in [-0.15, -0.1) is 0 Å². The molecule has 2 rings (SSSR count). The maximum absolute atomic E-state index is 11.8. The number of hydrogen-bond acceptors (Lipinski definition) is 5. The molecule has 0 saturated carbocycles. The highest BCUT2D eigenvalue weighted by atomic mass is 79.9. The third-order valence-corrected chi connectivity index (χ3v) is 5.70. The summed E-state index contributed by atoms with van der Waals surface area (Å²) in [5.74, 6) is 0.936. The quantitative estimate of drug-likeness (QED) is 0.186. The molecular weight excluding hydrogens is 474 g/mol. The van der Waals surface area contributed by atoms with Crippen molar-refractivity contribution in [3.63, 3.8) is 0 Å². The van der Waals surface area contributed by atoms with Gasteiger partial charge in [-0.1, -0.05) is 49.1 Å². The third kappa shape index (κ3) is 7.52. The number of methoxy groups -OCH3 is 1. The SMILES string of the molecule is C=C/C=C\C(N/C(C)=N/c1ncc(Br)cc1Sc1cccc(C(=O)OC)c1)=C(\C)CC. The molecule has 0 bridgehead atoms. The minimum Gasteiger partial charge on any atom is -0.465 e. The second-order valence-electron chi connectivity index (χ2n) is 6.56. The molecule has 0 aliphatic rings. The predicted octanol–water partition coefficient (Wildman–Crippen LogP) is 6.85. The van der Waals surface area contributed by atoms with E-state index in [1.54, 1.807) is 24.4 Å². The van der Waals surface area contributed by atoms with Gasteiger partial charge in [-0.25, -0.2) is 14.8 Å². The highest BCUT2D eigenvalue weighted by Gasteiger charge is 2.11. The van der Waals surface area contributed by atoms with E-state index in [9.17, 15) is 4.79 Å². The first-order valence-electron chi connectivity index (χ1n) is 9.70. The highest BCUT2D eigenvalue weighted by molar-refractivity contribution is 9.10. The van der Waals surface area contributed by atoms with Crippen LogP contribution in [0.1, 0.15) is 37.6 Å². The Bertz CT molecular complexity index is 1040. The molecule has 0 aliphatic heterocycles. The Hall–Kier alpha value is -2.64. The fourth-order valence-electron chi connectivity index (χ4n) is 2.53. The number of benzene rings is 1. The summed E-state index contributed by atoms with van der Waals surface area (Å²) in [4.78, 5) is 22.8. The Morgan fingerprint density at radius 1 is 1.35 bits per heavy atom. The molecule has 0 radical (unpaired) electrons. The summed E-state index contributed by atoms with van der Waals surface area (Å²) in [5.41, 5.74) is 2.70. The van der Waals surface area contributed by atoms with Crippen LogP contribution in [-0.4, -0.2) is 23.9 Å². The standard InChI is InChI=1S/C24H26BrN3O2S/c1-6-8-12-21(16(3)7-2)27-17(4)28-23-22(14-19(25)15-26-23)31-20-11-9-10-18(13-20)24(29)30-5/h6,8-15H,1,7H2,2-5H3,(H,26,27,28)/b12-8-,21-16+. The molecule has 7 heteroatoms. The van der Waals surface area contributed by atoms with Crippen molar-refractivity contribution in [2.45, 2.75) is 37.0 Å². The molecule has 0 fully saturated rings. The average molecular weight is 500 g/mol. The second-order valence-corrected chi connectivity index (χ2v) is 8.59. The number of halogens is 1. The number of rotatable bonds is 8. The minimum atomic E-state index is -0.369. The van der Waals surface area contributed by atoms with Gasteiger partial charge in [0, 0.05) is 21.3 Å². The van der Waals surface area contributed by atoms with Crippen molar-refractivity contribution in [1.29, 1.82) is 0 Å². The summed E-state index contributed by atoms with van der Waals surface area (Å²) >= 11 is 4.96. The Balaban J connectivity index is 2.35. The number of carbonyl (C=O) groups is 1. The molecule has 0 aliphatic carbocycles. The normalized spacial score (nSPS) is 12.5. The van der Waals surface area contributed by atoms with E-state index in [0.29, 0.717) is 11.4 Å². The van der Waals surface area contributed by atoms with Crippen molar-refractivity contribution in [2.24, 2.45) is 4.99 Å². The topological polar surface area (TPSA) is 63.6 Å². The number of nitrogens with one attached hydrogen (secondary N) is 1. The van der Waals surface area contributed by atoms with Crippen LogP contribution in [0.4, 0.5) is 5.82 Å². The Morgan fingerprint density at radius 2 is 2.13 bits per heavy atom. The second kappa shape index (κ2) is 12.3. The van der Waals surface area contributed by atoms with Gasteiger partial charge in [-0.2, -0.15) is 0 Å². The lowest BCUT2D eigenvalue weighted by molar-refractivity contribution is 0.0600. The summed E-state index contributed by atoms with van der Waals surface area (Å²) in [6.45, 7) is 9.83. The van der Waals surface area contributed by atoms with E-state index < -0.39 is 0 Å². The zero-order valence-corrected chi connectivity index (χ0v) is 20.5. The maximum atomic E-state index is 11.8. The molecule has 2 aromatic rings. The first-order valence-corrected chi connectivity index (χ1v) is 11.3. The molecule has 1 heterocycles. The van der Waals surface area contributed by atoms with E-state index in [1.165, 1.54) is 24.4 Å². The van der Waals surface area contributed by atoms with Gasteiger partial charge in [-0.05, 0) is 66.5 Å². The van der Waals surface area contributed by atoms with E-state index in [2.05, 4.69) is 46.7 Å². The lowest BCUT2D eigenvalue weighted by atomic mass is 10.1. The molecule has 1 aromatic carbocycles. The van der Waals surface area contributed by atoms with Gasteiger partial charge in [0.25, 0.3) is 0 Å². The number of aromatic nitrogens is 1. The van der Waals surface area contributed by atoms with E-state index in [0.717, 1.165) is 32.2 Å². The zero-order valence-electron chi connectivity index (χ0n) is 18.1. The van der Waals surface area contributed by atoms with Crippen molar-refractivity contribution >= 4 is 45.3 Å². The van der Waals surface area contributed by atoms with Gasteiger partial charge >= 0.3 is 5.97 Å². The largest absolute Gasteiger partial charge is 0.465 e. The van der Waals surface area contributed by atoms with Crippen LogP contribution < -0.4 is 5.32 Å². The first kappa shape index (κ1) is 24.6. The average Bonchev–Trinajstić information content (AvgIpc) is 2.77. The molecule has 0 amide bonds. The van der Waals surface area contributed by atoms with Crippen molar-refractivity contribution in [3.8, 4) is 0 Å². The molecule has 162 valence electrons. The molecular formula is C24H26BrN3O2S. The lowest BCUT2D eigenvalue weighted by Crippen LogP contribution is -2.19. The number of nitrogens with zero attached hydrogens (tertiary/aromatic N) is 2. The summed E-state index contributed by atoms with van der Waals surface area (Å²) in [5, 5.41) is 3.36. The summed E-state index contributed by atoms with van der Waals surface area (Å²) in [6, 6.07) is 9.24. The number of esters is 1. The Kier molecular flexibility index (Phi) is 9.75. The van der Waals surface area contributed by atoms with Crippen molar-refractivity contribution in [3.05, 3.63) is 82.6 Å². The molecule has 0 atom stereocenters. The van der Waals surface area contributed by atoms with Gasteiger partial charge in [0.1, 0.15) is 5.84 Å². The van der Waals surface area contributed by atoms with E-state index in [-0.39, 0.29) is 5.97 Å². The first-order chi connectivity index (χ1) is 14.9. The third-order valence-electron chi connectivity index (χ3n) is 4.26. The number of aliphatic imine (C=N–C) groups is 1. The van der Waals surface area contributed by atoms with Crippen molar-refractivity contribution in [1.82, 2.24) is 10.3 Å². The Morgan fingerprint density at radius 3 is 2.81 bits per heavy atom. The van der Waals surface area contributed by atoms with Crippen LogP contribution in [0.2, 0.25) is 0 Å². The molecule has 0 saturated heterocycles. The zero-order chi connectivity index (χ0) is 22.8. The molecule has 1 N–H and O–H groups in total. The van der Waals surface area contributed by atoms with E-state index in [1.807, 2.05) is 37.3 Å². The smallest absolute Gasteiger partial charge is 0.337 e. The van der Waals surface area contributed by atoms with Crippen molar-refractivity contribution < 1.29 is 9.53 Å². The number of allylic oxidation sites excluding steroid dienone is 4. The summed E-state index contributed by atoms with van der Waals surface area (Å²) in [7, 11) is 1.37. The van der Waals surface area contributed by atoms with Gasteiger partial charge in [0.05, 0.1) is 17.6 Å². The number of pyridine rings is 1. The van der Waals surface area contributed by atoms with Crippen LogP contribution in [0.15, 0.2) is 91.9 Å². The van der Waals surface area contributed by atoms with Crippen LogP contribution in [0.25, 0.3) is 0 Å². The molecule has 1 aromatic heterocycles. The Labute approximate surface area is 196 Å². The predicted molar refractivity (Wildman–Crippen MR) is 132 cm³/mol. The van der Waals surface area contributed by atoms with Gasteiger partial charge in [0.2, 0.25) is 0 Å². The van der Waals surface area contributed by atoms with E-state index >= 15 is 0 Å². The fourth-order valence-corrected chi connectivity index (χ4v) is 3.98. The fraction of sp³-hybridized carbons (Fsp3) is 0.208. The van der Waals surface area contributed by atoms with Crippen LogP contribution in [0, 0.1) is 0 Å². The summed E-state index contributed by atoms with van der Waals surface area (Å²) < 4.78 is 5.66. The van der Waals surface area contributed by atoms with E-state index in [4.69, 9.17) is 9.73 Å². The number of carbonyl (C=O) groups excluding carboxylic acids is 1. The number of amidine groups is 1. The molecule has 31 heavy (non-hydrogen) atoms. The van der Waals surface area contributed by atoms with Crippen molar-refractivity contribution in [2.75, 3.05) is 7.11 Å².